The quantitative estimate of drug-likeness (QED) is 0.729. The van der Waals surface area contributed by atoms with Crippen LogP contribution in [0.2, 0.25) is 0 Å². The molecule has 1 aliphatic rings. The van der Waals surface area contributed by atoms with Crippen molar-refractivity contribution < 1.29 is 14.3 Å². The van der Waals surface area contributed by atoms with E-state index in [1.807, 2.05) is 30.3 Å². The van der Waals surface area contributed by atoms with Crippen LogP contribution in [-0.2, 0) is 29.2 Å². The third-order valence-electron chi connectivity index (χ3n) is 3.86. The summed E-state index contributed by atoms with van der Waals surface area (Å²) >= 11 is 0. The van der Waals surface area contributed by atoms with Crippen molar-refractivity contribution in [3.63, 3.8) is 0 Å². The van der Waals surface area contributed by atoms with Crippen molar-refractivity contribution >= 4 is 5.91 Å². The van der Waals surface area contributed by atoms with Gasteiger partial charge in [0, 0.05) is 19.6 Å². The molecule has 0 aliphatic carbocycles. The van der Waals surface area contributed by atoms with E-state index in [4.69, 9.17) is 9.47 Å². The minimum atomic E-state index is -0.117. The summed E-state index contributed by atoms with van der Waals surface area (Å²) < 4.78 is 10.8. The molecule has 1 amide bonds. The van der Waals surface area contributed by atoms with E-state index in [0.717, 1.165) is 24.4 Å². The molecule has 126 valence electrons. The number of hydrogen-bond acceptors (Lipinski definition) is 4. The molecule has 3 rings (SSSR count). The van der Waals surface area contributed by atoms with E-state index in [0.29, 0.717) is 19.8 Å². The number of amides is 1. The fraction of sp³-hybridized carbons (Fsp3) is 0.316. The minimum absolute atomic E-state index is 0.0463. The fourth-order valence-corrected chi connectivity index (χ4v) is 2.61. The molecule has 0 saturated carbocycles. The number of carbonyl (C=O) groups is 1. The number of hydrogen-bond donors (Lipinski definition) is 2. The fourth-order valence-electron chi connectivity index (χ4n) is 2.61. The Kier molecular flexibility index (Phi) is 5.82. The summed E-state index contributed by atoms with van der Waals surface area (Å²) in [6.07, 6.45) is 0. The molecule has 1 heterocycles. The Morgan fingerprint density at radius 1 is 1.04 bits per heavy atom. The molecule has 2 aromatic rings. The molecule has 0 spiro atoms. The number of fused-ring (bicyclic) bond motifs is 1. The Morgan fingerprint density at radius 2 is 1.88 bits per heavy atom. The average molecular weight is 326 g/mol. The molecule has 2 aromatic carbocycles. The second kappa shape index (κ2) is 8.47. The van der Waals surface area contributed by atoms with Crippen LogP contribution in [0.4, 0.5) is 0 Å². The van der Waals surface area contributed by atoms with Gasteiger partial charge in [0.05, 0.1) is 6.61 Å². The number of benzene rings is 2. The topological polar surface area (TPSA) is 59.6 Å². The van der Waals surface area contributed by atoms with Crippen molar-refractivity contribution in [1.29, 1.82) is 0 Å². The van der Waals surface area contributed by atoms with Crippen molar-refractivity contribution in [1.82, 2.24) is 10.6 Å². The van der Waals surface area contributed by atoms with Gasteiger partial charge in [0.1, 0.15) is 19.0 Å². The smallest absolute Gasteiger partial charge is 0.246 e. The summed E-state index contributed by atoms with van der Waals surface area (Å²) in [6, 6.07) is 15.9. The molecule has 0 atom stereocenters. The highest BCUT2D eigenvalue weighted by molar-refractivity contribution is 5.77. The lowest BCUT2D eigenvalue weighted by atomic mass is 10.1. The zero-order valence-corrected chi connectivity index (χ0v) is 13.6. The largest absolute Gasteiger partial charge is 0.491 e. The summed E-state index contributed by atoms with van der Waals surface area (Å²) in [4.78, 5) is 11.8. The maximum atomic E-state index is 11.8. The molecule has 2 N–H and O–H groups in total. The number of carbonyl (C=O) groups excluding carboxylic acids is 1. The lowest BCUT2D eigenvalue weighted by molar-refractivity contribution is -0.126. The van der Waals surface area contributed by atoms with Gasteiger partial charge in [-0.2, -0.15) is 0 Å². The highest BCUT2D eigenvalue weighted by atomic mass is 16.5. The Bertz CT molecular complexity index is 674. The molecular formula is C19H22N2O3. The van der Waals surface area contributed by atoms with Crippen LogP contribution >= 0.6 is 0 Å². The standard InChI is InChI=1S/C19H22N2O3/c22-19(14-23-8-9-24-18-4-2-1-3-5-18)21-11-15-6-7-16-12-20-13-17(16)10-15/h1-7,10,20H,8-9,11-14H2,(H,21,22). The first kappa shape index (κ1) is 16.5. The van der Waals surface area contributed by atoms with Gasteiger partial charge in [0.15, 0.2) is 0 Å². The third-order valence-corrected chi connectivity index (χ3v) is 3.86. The van der Waals surface area contributed by atoms with Gasteiger partial charge in [-0.25, -0.2) is 0 Å². The maximum absolute atomic E-state index is 11.8. The first-order chi connectivity index (χ1) is 11.8. The zero-order valence-electron chi connectivity index (χ0n) is 13.6. The predicted octanol–water partition coefficient (Wildman–Crippen LogP) is 2.00. The van der Waals surface area contributed by atoms with Crippen LogP contribution in [0.15, 0.2) is 48.5 Å². The lowest BCUT2D eigenvalue weighted by Crippen LogP contribution is -2.28. The molecule has 24 heavy (non-hydrogen) atoms. The second-order valence-corrected chi connectivity index (χ2v) is 5.70. The Labute approximate surface area is 142 Å². The number of para-hydroxylation sites is 1. The van der Waals surface area contributed by atoms with E-state index in [2.05, 4.69) is 28.8 Å². The molecule has 5 nitrogen and oxygen atoms in total. The third kappa shape index (κ3) is 4.81. The molecule has 0 saturated heterocycles. The molecule has 0 radical (unpaired) electrons. The van der Waals surface area contributed by atoms with E-state index in [-0.39, 0.29) is 12.5 Å². The molecule has 0 aromatic heterocycles. The number of nitrogens with one attached hydrogen (secondary N) is 2. The van der Waals surface area contributed by atoms with Gasteiger partial charge < -0.3 is 20.1 Å². The molecule has 0 bridgehead atoms. The second-order valence-electron chi connectivity index (χ2n) is 5.70. The maximum Gasteiger partial charge on any atom is 0.246 e. The summed E-state index contributed by atoms with van der Waals surface area (Å²) in [5.74, 6) is 0.685. The van der Waals surface area contributed by atoms with Gasteiger partial charge in [-0.05, 0) is 28.8 Å². The molecule has 1 aliphatic heterocycles. The van der Waals surface area contributed by atoms with Crippen LogP contribution in [0.5, 0.6) is 5.75 Å². The van der Waals surface area contributed by atoms with Gasteiger partial charge in [-0.3, -0.25) is 4.79 Å². The highest BCUT2D eigenvalue weighted by Crippen LogP contribution is 2.16. The highest BCUT2D eigenvalue weighted by Gasteiger charge is 2.10. The zero-order chi connectivity index (χ0) is 16.6. The van der Waals surface area contributed by atoms with E-state index >= 15 is 0 Å². The van der Waals surface area contributed by atoms with Gasteiger partial charge in [0.25, 0.3) is 0 Å². The van der Waals surface area contributed by atoms with E-state index < -0.39 is 0 Å². The monoisotopic (exact) mass is 326 g/mol. The normalized spacial score (nSPS) is 12.7. The van der Waals surface area contributed by atoms with Crippen LogP contribution in [0.1, 0.15) is 16.7 Å². The van der Waals surface area contributed by atoms with Crippen molar-refractivity contribution in [3.05, 3.63) is 65.2 Å². The Hall–Kier alpha value is -2.37. The molecule has 0 unspecified atom stereocenters. The van der Waals surface area contributed by atoms with Crippen LogP contribution in [0.3, 0.4) is 0 Å². The molecular weight excluding hydrogens is 304 g/mol. The average Bonchev–Trinajstić information content (AvgIpc) is 3.08. The van der Waals surface area contributed by atoms with Gasteiger partial charge in [-0.15, -0.1) is 0 Å². The Balaban J connectivity index is 1.30. The first-order valence-electron chi connectivity index (χ1n) is 8.15. The summed E-state index contributed by atoms with van der Waals surface area (Å²) in [5.41, 5.74) is 3.76. The van der Waals surface area contributed by atoms with Gasteiger partial charge in [-0.1, -0.05) is 36.4 Å². The summed E-state index contributed by atoms with van der Waals surface area (Å²) in [6.45, 7) is 3.21. The van der Waals surface area contributed by atoms with Gasteiger partial charge in [0.2, 0.25) is 5.91 Å². The van der Waals surface area contributed by atoms with Crippen LogP contribution in [-0.4, -0.2) is 25.7 Å². The van der Waals surface area contributed by atoms with Gasteiger partial charge >= 0.3 is 0 Å². The minimum Gasteiger partial charge on any atom is -0.491 e. The van der Waals surface area contributed by atoms with E-state index in [1.54, 1.807) is 0 Å². The van der Waals surface area contributed by atoms with Crippen molar-refractivity contribution in [2.45, 2.75) is 19.6 Å². The van der Waals surface area contributed by atoms with Crippen LogP contribution in [0, 0.1) is 0 Å². The summed E-state index contributed by atoms with van der Waals surface area (Å²) in [7, 11) is 0. The number of rotatable bonds is 8. The number of ether oxygens (including phenoxy) is 2. The Morgan fingerprint density at radius 3 is 2.75 bits per heavy atom. The SMILES string of the molecule is O=C(COCCOc1ccccc1)NCc1ccc2c(c1)CNC2. The van der Waals surface area contributed by atoms with Crippen LogP contribution in [0.25, 0.3) is 0 Å². The van der Waals surface area contributed by atoms with Crippen LogP contribution < -0.4 is 15.4 Å². The van der Waals surface area contributed by atoms with Crippen molar-refractivity contribution in [2.24, 2.45) is 0 Å². The predicted molar refractivity (Wildman–Crippen MR) is 91.6 cm³/mol. The van der Waals surface area contributed by atoms with E-state index in [1.165, 1.54) is 11.1 Å². The summed E-state index contributed by atoms with van der Waals surface area (Å²) in [5, 5.41) is 6.19. The van der Waals surface area contributed by atoms with Crippen molar-refractivity contribution in [2.75, 3.05) is 19.8 Å². The lowest BCUT2D eigenvalue weighted by Gasteiger charge is -2.09. The molecule has 0 fully saturated rings. The first-order valence-corrected chi connectivity index (χ1v) is 8.15. The van der Waals surface area contributed by atoms with E-state index in [9.17, 15) is 4.79 Å². The van der Waals surface area contributed by atoms with Crippen molar-refractivity contribution in [3.8, 4) is 5.75 Å². The molecule has 5 heteroatoms.